The van der Waals surface area contributed by atoms with Gasteiger partial charge in [-0.05, 0) is 43.5 Å². The van der Waals surface area contributed by atoms with Crippen molar-refractivity contribution in [3.63, 3.8) is 0 Å². The second-order valence-corrected chi connectivity index (χ2v) is 7.19. The number of aryl methyl sites for hydroxylation is 1. The van der Waals surface area contributed by atoms with Gasteiger partial charge in [-0.1, -0.05) is 30.3 Å². The smallest absolute Gasteiger partial charge is 0.209 e. The monoisotopic (exact) mass is 328 g/mol. The molecule has 1 N–H and O–H groups in total. The van der Waals surface area contributed by atoms with Gasteiger partial charge in [-0.25, -0.2) is 0 Å². The van der Waals surface area contributed by atoms with Crippen molar-refractivity contribution in [2.24, 2.45) is 0 Å². The number of fused-ring (bicyclic) bond motifs is 2. The number of nitrogens with zero attached hydrogens (tertiary/aromatic N) is 1. The molecule has 0 unspecified atom stereocenters. The maximum atomic E-state index is 12.7. The van der Waals surface area contributed by atoms with Crippen LogP contribution in [0, 0.1) is 4.77 Å². The van der Waals surface area contributed by atoms with Gasteiger partial charge in [-0.2, -0.15) is 0 Å². The first-order chi connectivity index (χ1) is 10.7. The van der Waals surface area contributed by atoms with Gasteiger partial charge in [0.05, 0.1) is 6.54 Å². The molecule has 0 amide bonds. The number of aromatic nitrogens is 2. The molecule has 0 radical (unpaired) electrons. The zero-order valence-corrected chi connectivity index (χ0v) is 13.7. The maximum Gasteiger partial charge on any atom is 0.209 e. The summed E-state index contributed by atoms with van der Waals surface area (Å²) in [6, 6.07) is 10.2. The lowest BCUT2D eigenvalue weighted by Crippen LogP contribution is -2.15. The van der Waals surface area contributed by atoms with Crippen molar-refractivity contribution in [1.29, 1.82) is 0 Å². The number of benzene rings is 1. The molecule has 0 bridgehead atoms. The van der Waals surface area contributed by atoms with Crippen LogP contribution in [0.25, 0.3) is 10.3 Å². The average Bonchev–Trinajstić information content (AvgIpc) is 2.86. The Kier molecular flexibility index (Phi) is 3.47. The van der Waals surface area contributed by atoms with Gasteiger partial charge < -0.3 is 9.55 Å². The van der Waals surface area contributed by atoms with E-state index in [1.54, 1.807) is 11.3 Å². The first-order valence-corrected chi connectivity index (χ1v) is 8.78. The lowest BCUT2D eigenvalue weighted by atomic mass is 9.98. The highest BCUT2D eigenvalue weighted by molar-refractivity contribution is 7.71. The molecule has 5 heteroatoms. The molecule has 0 atom stereocenters. The minimum absolute atomic E-state index is 0.154. The molecule has 0 aliphatic heterocycles. The van der Waals surface area contributed by atoms with E-state index in [1.807, 2.05) is 18.2 Å². The molecular formula is C17H16N2OS2. The SMILES string of the molecule is O=c1c2c(sc3c1[nH]c(=S)n3Cc1ccccc1)CCCC2. The topological polar surface area (TPSA) is 37.8 Å². The van der Waals surface area contributed by atoms with Gasteiger partial charge >= 0.3 is 0 Å². The summed E-state index contributed by atoms with van der Waals surface area (Å²) in [6.07, 6.45) is 4.23. The van der Waals surface area contributed by atoms with E-state index in [1.165, 1.54) is 16.9 Å². The van der Waals surface area contributed by atoms with Crippen molar-refractivity contribution in [2.75, 3.05) is 0 Å². The highest BCUT2D eigenvalue weighted by Gasteiger charge is 2.19. The van der Waals surface area contributed by atoms with Crippen molar-refractivity contribution in [2.45, 2.75) is 32.2 Å². The number of nitrogens with one attached hydrogen (secondary N) is 1. The second-order valence-electron chi connectivity index (χ2n) is 5.72. The summed E-state index contributed by atoms with van der Waals surface area (Å²) in [5.74, 6) is 0. The third-order valence-electron chi connectivity index (χ3n) is 4.26. The van der Waals surface area contributed by atoms with Crippen LogP contribution in [0.3, 0.4) is 0 Å². The third-order valence-corrected chi connectivity index (χ3v) is 5.90. The fourth-order valence-corrected chi connectivity index (χ4v) is 4.75. The van der Waals surface area contributed by atoms with E-state index in [0.29, 0.717) is 16.8 Å². The fraction of sp³-hybridized carbons (Fsp3) is 0.294. The maximum absolute atomic E-state index is 12.7. The van der Waals surface area contributed by atoms with Crippen LogP contribution in [0.5, 0.6) is 0 Å². The Morgan fingerprint density at radius 2 is 1.95 bits per heavy atom. The Morgan fingerprint density at radius 3 is 2.77 bits per heavy atom. The molecule has 1 aliphatic carbocycles. The van der Waals surface area contributed by atoms with Gasteiger partial charge in [0.25, 0.3) is 0 Å². The van der Waals surface area contributed by atoms with E-state index in [9.17, 15) is 4.79 Å². The molecule has 2 aromatic heterocycles. The normalized spacial score (nSPS) is 14.2. The van der Waals surface area contributed by atoms with E-state index in [2.05, 4.69) is 21.7 Å². The zero-order chi connectivity index (χ0) is 15.1. The van der Waals surface area contributed by atoms with Gasteiger partial charge in [0.2, 0.25) is 5.43 Å². The Bertz CT molecular complexity index is 950. The third kappa shape index (κ3) is 2.25. The number of rotatable bonds is 2. The summed E-state index contributed by atoms with van der Waals surface area (Å²) in [5, 5.41) is 0. The van der Waals surface area contributed by atoms with Crippen molar-refractivity contribution >= 4 is 33.9 Å². The first kappa shape index (κ1) is 13.9. The van der Waals surface area contributed by atoms with Crippen molar-refractivity contribution in [3.8, 4) is 0 Å². The Labute approximate surface area is 137 Å². The molecule has 1 aliphatic rings. The van der Waals surface area contributed by atoms with Gasteiger partial charge in [-0.3, -0.25) is 4.79 Å². The van der Waals surface area contributed by atoms with E-state index in [0.717, 1.165) is 29.7 Å². The van der Waals surface area contributed by atoms with Crippen LogP contribution in [-0.2, 0) is 19.4 Å². The molecule has 3 aromatic rings. The number of H-pyrrole nitrogens is 1. The fourth-order valence-electron chi connectivity index (χ4n) is 3.12. The molecule has 0 fully saturated rings. The lowest BCUT2D eigenvalue weighted by molar-refractivity contribution is 0.692. The van der Waals surface area contributed by atoms with Crippen LogP contribution in [0.2, 0.25) is 0 Å². The van der Waals surface area contributed by atoms with Crippen LogP contribution in [0.15, 0.2) is 35.1 Å². The minimum Gasteiger partial charge on any atom is -0.327 e. The summed E-state index contributed by atoms with van der Waals surface area (Å²) < 4.78 is 2.69. The number of hydrogen-bond donors (Lipinski definition) is 1. The van der Waals surface area contributed by atoms with Gasteiger partial charge in [0.15, 0.2) is 4.77 Å². The molecule has 3 nitrogen and oxygen atoms in total. The quantitative estimate of drug-likeness (QED) is 0.721. The summed E-state index contributed by atoms with van der Waals surface area (Å²) in [5.41, 5.74) is 3.04. The van der Waals surface area contributed by atoms with E-state index in [-0.39, 0.29) is 5.43 Å². The van der Waals surface area contributed by atoms with Crippen molar-refractivity contribution in [3.05, 3.63) is 61.3 Å². The van der Waals surface area contributed by atoms with Gasteiger partial charge in [0.1, 0.15) is 10.3 Å². The predicted octanol–water partition coefficient (Wildman–Crippen LogP) is 4.05. The van der Waals surface area contributed by atoms with Crippen LogP contribution in [-0.4, -0.2) is 9.55 Å². The first-order valence-electron chi connectivity index (χ1n) is 7.55. The number of aromatic amines is 1. The zero-order valence-electron chi connectivity index (χ0n) is 12.1. The molecule has 0 spiro atoms. The average molecular weight is 328 g/mol. The molecule has 1 aromatic carbocycles. The van der Waals surface area contributed by atoms with Gasteiger partial charge in [0, 0.05) is 10.4 Å². The molecule has 0 saturated heterocycles. The summed E-state index contributed by atoms with van der Waals surface area (Å²) in [7, 11) is 0. The van der Waals surface area contributed by atoms with Crippen LogP contribution >= 0.6 is 23.6 Å². The largest absolute Gasteiger partial charge is 0.327 e. The van der Waals surface area contributed by atoms with E-state index >= 15 is 0 Å². The van der Waals surface area contributed by atoms with Crippen molar-refractivity contribution in [1.82, 2.24) is 9.55 Å². The van der Waals surface area contributed by atoms with Crippen LogP contribution < -0.4 is 5.43 Å². The second kappa shape index (κ2) is 5.48. The molecule has 112 valence electrons. The Balaban J connectivity index is 1.92. The highest BCUT2D eigenvalue weighted by atomic mass is 32.1. The van der Waals surface area contributed by atoms with E-state index in [4.69, 9.17) is 12.2 Å². The standard InChI is InChI=1S/C17H16N2OS2/c20-15-12-8-4-5-9-13(12)22-16-14(15)18-17(21)19(16)10-11-6-2-1-3-7-11/h1-3,6-7H,4-5,8-10H2,(H,18,21). The lowest BCUT2D eigenvalue weighted by Gasteiger charge is -2.14. The number of imidazole rings is 1. The molecule has 4 rings (SSSR count). The summed E-state index contributed by atoms with van der Waals surface area (Å²) >= 11 is 7.20. The molecule has 2 heterocycles. The molecular weight excluding hydrogens is 312 g/mol. The summed E-state index contributed by atoms with van der Waals surface area (Å²) in [4.78, 5) is 18.1. The van der Waals surface area contributed by atoms with Crippen LogP contribution in [0.4, 0.5) is 0 Å². The highest BCUT2D eigenvalue weighted by Crippen LogP contribution is 2.28. The molecule has 0 saturated carbocycles. The molecule has 22 heavy (non-hydrogen) atoms. The van der Waals surface area contributed by atoms with Crippen LogP contribution in [0.1, 0.15) is 28.8 Å². The number of hydrogen-bond acceptors (Lipinski definition) is 3. The van der Waals surface area contributed by atoms with E-state index < -0.39 is 0 Å². The van der Waals surface area contributed by atoms with Gasteiger partial charge in [-0.15, -0.1) is 11.3 Å². The predicted molar refractivity (Wildman–Crippen MR) is 93.5 cm³/mol. The summed E-state index contributed by atoms with van der Waals surface area (Å²) in [6.45, 7) is 0.703. The Hall–Kier alpha value is -1.72. The van der Waals surface area contributed by atoms with Crippen molar-refractivity contribution < 1.29 is 0 Å². The minimum atomic E-state index is 0.154. The Morgan fingerprint density at radius 1 is 1.18 bits per heavy atom.